The van der Waals surface area contributed by atoms with Gasteiger partial charge in [-0.25, -0.2) is 4.98 Å². The Bertz CT molecular complexity index is 1280. The summed E-state index contributed by atoms with van der Waals surface area (Å²) in [5, 5.41) is 3.72. The summed E-state index contributed by atoms with van der Waals surface area (Å²) in [7, 11) is 0. The molecule has 0 spiro atoms. The van der Waals surface area contributed by atoms with Crippen LogP contribution in [0.25, 0.3) is 17.1 Å². The Kier molecular flexibility index (Phi) is 5.65. The Hall–Kier alpha value is -3.41. The van der Waals surface area contributed by atoms with Crippen LogP contribution in [-0.2, 0) is 0 Å². The molecule has 148 valence electrons. The molecule has 0 aliphatic heterocycles. The molecule has 0 aliphatic carbocycles. The fourth-order valence-electron chi connectivity index (χ4n) is 2.87. The molecule has 30 heavy (non-hydrogen) atoms. The number of para-hydroxylation sites is 2. The quantitative estimate of drug-likeness (QED) is 0.297. The van der Waals surface area contributed by atoms with Crippen LogP contribution in [0.3, 0.4) is 0 Å². The number of hydrogen-bond acceptors (Lipinski definition) is 3. The second-order valence-electron chi connectivity index (χ2n) is 6.47. The average Bonchev–Trinajstić information content (AvgIpc) is 3.20. The summed E-state index contributed by atoms with van der Waals surface area (Å²) in [5.74, 6) is -0.332. The number of aromatic amines is 1. The van der Waals surface area contributed by atoms with Crippen molar-refractivity contribution in [1.82, 2.24) is 9.97 Å². The topological polar surface area (TPSA) is 74.8 Å². The number of halogens is 2. The number of carbonyl (C=O) groups is 2. The van der Waals surface area contributed by atoms with Gasteiger partial charge in [0.2, 0.25) is 5.78 Å². The van der Waals surface area contributed by atoms with E-state index in [0.717, 1.165) is 5.56 Å². The van der Waals surface area contributed by atoms with Crippen LogP contribution < -0.4 is 5.32 Å². The predicted octanol–water partition coefficient (Wildman–Crippen LogP) is 6.02. The summed E-state index contributed by atoms with van der Waals surface area (Å²) in [4.78, 5) is 32.0. The van der Waals surface area contributed by atoms with Crippen LogP contribution in [0.5, 0.6) is 0 Å². The highest BCUT2D eigenvalue weighted by atomic mass is 35.5. The van der Waals surface area contributed by atoms with Crippen molar-refractivity contribution >= 4 is 57.7 Å². The second-order valence-corrected chi connectivity index (χ2v) is 7.29. The Morgan fingerprint density at radius 2 is 1.63 bits per heavy atom. The van der Waals surface area contributed by atoms with Crippen molar-refractivity contribution in [1.29, 1.82) is 0 Å². The van der Waals surface area contributed by atoms with Crippen molar-refractivity contribution in [3.05, 3.63) is 99.8 Å². The molecule has 3 aromatic carbocycles. The van der Waals surface area contributed by atoms with Gasteiger partial charge in [-0.15, -0.1) is 0 Å². The number of imidazole rings is 1. The van der Waals surface area contributed by atoms with E-state index >= 15 is 0 Å². The minimum absolute atomic E-state index is 0.213. The van der Waals surface area contributed by atoms with Crippen LogP contribution in [-0.4, -0.2) is 21.7 Å². The first-order valence-corrected chi connectivity index (χ1v) is 9.79. The summed E-state index contributed by atoms with van der Waals surface area (Å²) in [6, 6.07) is 19.2. The fourth-order valence-corrected chi connectivity index (χ4v) is 3.27. The SMILES string of the molecule is O=C(Nc1ccccc1Cl)c1ccc(C=CC(=O)c2nc3c(Cl)cccc3[nH]2)cc1. The number of carbonyl (C=O) groups excluding carboxylic acids is 2. The maximum Gasteiger partial charge on any atom is 0.255 e. The molecule has 0 atom stereocenters. The van der Waals surface area contributed by atoms with E-state index < -0.39 is 0 Å². The van der Waals surface area contributed by atoms with E-state index in [-0.39, 0.29) is 17.5 Å². The first-order valence-electron chi connectivity index (χ1n) is 9.04. The number of amides is 1. The number of nitrogens with one attached hydrogen (secondary N) is 2. The molecule has 1 aromatic heterocycles. The van der Waals surface area contributed by atoms with E-state index in [9.17, 15) is 9.59 Å². The molecule has 0 fully saturated rings. The van der Waals surface area contributed by atoms with E-state index in [0.29, 0.717) is 32.3 Å². The monoisotopic (exact) mass is 435 g/mol. The van der Waals surface area contributed by atoms with Crippen LogP contribution in [0.1, 0.15) is 26.5 Å². The summed E-state index contributed by atoms with van der Waals surface area (Å²) in [6.45, 7) is 0. The molecular weight excluding hydrogens is 421 g/mol. The molecule has 2 N–H and O–H groups in total. The van der Waals surface area contributed by atoms with Crippen molar-refractivity contribution in [2.45, 2.75) is 0 Å². The lowest BCUT2D eigenvalue weighted by Crippen LogP contribution is -2.11. The van der Waals surface area contributed by atoms with Crippen molar-refractivity contribution < 1.29 is 9.59 Å². The summed E-state index contributed by atoms with van der Waals surface area (Å²) >= 11 is 12.2. The third-order valence-corrected chi connectivity index (χ3v) is 5.05. The van der Waals surface area contributed by atoms with E-state index in [1.807, 2.05) is 0 Å². The fraction of sp³-hybridized carbons (Fsp3) is 0. The Morgan fingerprint density at radius 1 is 0.900 bits per heavy atom. The highest BCUT2D eigenvalue weighted by Gasteiger charge is 2.11. The number of hydrogen-bond donors (Lipinski definition) is 2. The largest absolute Gasteiger partial charge is 0.335 e. The third-order valence-electron chi connectivity index (χ3n) is 4.42. The van der Waals surface area contributed by atoms with Gasteiger partial charge in [0.1, 0.15) is 5.52 Å². The first kappa shape index (κ1) is 19.9. The summed E-state index contributed by atoms with van der Waals surface area (Å²) in [6.07, 6.45) is 3.08. The predicted molar refractivity (Wildman–Crippen MR) is 120 cm³/mol. The molecule has 0 unspecified atom stereocenters. The first-order chi connectivity index (χ1) is 14.5. The van der Waals surface area contributed by atoms with Crippen molar-refractivity contribution in [2.24, 2.45) is 0 Å². The maximum absolute atomic E-state index is 12.4. The number of allylic oxidation sites excluding steroid dienone is 1. The minimum Gasteiger partial charge on any atom is -0.335 e. The van der Waals surface area contributed by atoms with Gasteiger partial charge < -0.3 is 10.3 Å². The van der Waals surface area contributed by atoms with Crippen LogP contribution in [0, 0.1) is 0 Å². The number of anilines is 1. The standard InChI is InChI=1S/C23H15Cl2N3O2/c24-16-4-1-2-6-18(16)27-23(30)15-11-8-14(9-12-15)10-13-20(29)22-26-19-7-3-5-17(25)21(19)28-22/h1-13H,(H,26,28)(H,27,30). The van der Waals surface area contributed by atoms with E-state index in [1.54, 1.807) is 72.8 Å². The zero-order valence-electron chi connectivity index (χ0n) is 15.5. The molecular formula is C23H15Cl2N3O2. The molecule has 0 saturated carbocycles. The minimum atomic E-state index is -0.275. The Labute approximate surface area is 182 Å². The van der Waals surface area contributed by atoms with Crippen molar-refractivity contribution in [3.63, 3.8) is 0 Å². The molecule has 1 heterocycles. The molecule has 4 aromatic rings. The lowest BCUT2D eigenvalue weighted by atomic mass is 10.1. The van der Waals surface area contributed by atoms with Crippen LogP contribution in [0.4, 0.5) is 5.69 Å². The Morgan fingerprint density at radius 3 is 2.37 bits per heavy atom. The number of H-pyrrole nitrogens is 1. The van der Waals surface area contributed by atoms with Gasteiger partial charge in [0, 0.05) is 5.56 Å². The van der Waals surface area contributed by atoms with E-state index in [4.69, 9.17) is 23.2 Å². The van der Waals surface area contributed by atoms with Gasteiger partial charge in [-0.05, 0) is 48.0 Å². The van der Waals surface area contributed by atoms with Gasteiger partial charge in [-0.1, -0.05) is 59.6 Å². The summed E-state index contributed by atoms with van der Waals surface area (Å²) in [5.41, 5.74) is 3.06. The molecule has 5 nitrogen and oxygen atoms in total. The molecule has 7 heteroatoms. The zero-order chi connectivity index (χ0) is 21.1. The smallest absolute Gasteiger partial charge is 0.255 e. The van der Waals surface area contributed by atoms with Gasteiger partial charge in [0.05, 0.1) is 21.2 Å². The lowest BCUT2D eigenvalue weighted by Gasteiger charge is -2.07. The van der Waals surface area contributed by atoms with Crippen molar-refractivity contribution in [2.75, 3.05) is 5.32 Å². The highest BCUT2D eigenvalue weighted by Crippen LogP contribution is 2.22. The zero-order valence-corrected chi connectivity index (χ0v) is 17.0. The molecule has 4 rings (SSSR count). The molecule has 1 amide bonds. The van der Waals surface area contributed by atoms with Crippen LogP contribution in [0.2, 0.25) is 10.0 Å². The third kappa shape index (κ3) is 4.27. The summed E-state index contributed by atoms with van der Waals surface area (Å²) < 4.78 is 0. The number of benzene rings is 3. The van der Waals surface area contributed by atoms with Gasteiger partial charge in [0.15, 0.2) is 5.82 Å². The molecule has 0 bridgehead atoms. The number of fused-ring (bicyclic) bond motifs is 1. The van der Waals surface area contributed by atoms with Crippen LogP contribution in [0.15, 0.2) is 72.8 Å². The van der Waals surface area contributed by atoms with Crippen molar-refractivity contribution in [3.8, 4) is 0 Å². The highest BCUT2D eigenvalue weighted by molar-refractivity contribution is 6.35. The van der Waals surface area contributed by atoms with Crippen LogP contribution >= 0.6 is 23.2 Å². The maximum atomic E-state index is 12.4. The second kappa shape index (κ2) is 8.53. The average molecular weight is 436 g/mol. The van der Waals surface area contributed by atoms with Gasteiger partial charge in [-0.2, -0.15) is 0 Å². The van der Waals surface area contributed by atoms with Gasteiger partial charge in [0.25, 0.3) is 5.91 Å². The molecule has 0 aliphatic rings. The number of nitrogens with zero attached hydrogens (tertiary/aromatic N) is 1. The van der Waals surface area contributed by atoms with Gasteiger partial charge >= 0.3 is 0 Å². The molecule has 0 radical (unpaired) electrons. The number of rotatable bonds is 5. The van der Waals surface area contributed by atoms with E-state index in [1.165, 1.54) is 6.08 Å². The number of aromatic nitrogens is 2. The van der Waals surface area contributed by atoms with Gasteiger partial charge in [-0.3, -0.25) is 9.59 Å². The lowest BCUT2D eigenvalue weighted by molar-refractivity contribution is 0.102. The number of ketones is 1. The molecule has 0 saturated heterocycles. The Balaban J connectivity index is 1.45. The van der Waals surface area contributed by atoms with E-state index in [2.05, 4.69) is 15.3 Å². The normalized spacial score (nSPS) is 11.1.